The summed E-state index contributed by atoms with van der Waals surface area (Å²) in [6, 6.07) is -0.674. The molecule has 1 saturated heterocycles. The minimum atomic E-state index is -0.948. The summed E-state index contributed by atoms with van der Waals surface area (Å²) in [5, 5.41) is 7.66. The van der Waals surface area contributed by atoms with E-state index in [1.54, 1.807) is 13.8 Å². The molecule has 1 heterocycles. The van der Waals surface area contributed by atoms with Crippen molar-refractivity contribution >= 4 is 29.7 Å². The lowest BCUT2D eigenvalue weighted by Gasteiger charge is -2.36. The average molecular weight is 396 g/mol. The van der Waals surface area contributed by atoms with Gasteiger partial charge in [0.05, 0.1) is 6.54 Å². The first-order valence-electron chi connectivity index (χ1n) is 9.51. The Labute approximate surface area is 163 Å². The number of urea groups is 1. The molecule has 0 unspecified atom stereocenters. The summed E-state index contributed by atoms with van der Waals surface area (Å²) in [4.78, 5) is 60.9. The third kappa shape index (κ3) is 4.99. The highest BCUT2D eigenvalue weighted by Gasteiger charge is 2.55. The third-order valence-electron chi connectivity index (χ3n) is 5.05. The van der Waals surface area contributed by atoms with Crippen LogP contribution in [0.2, 0.25) is 0 Å². The van der Waals surface area contributed by atoms with Crippen molar-refractivity contribution in [1.29, 1.82) is 0 Å². The van der Waals surface area contributed by atoms with E-state index in [0.717, 1.165) is 24.2 Å². The molecule has 1 saturated carbocycles. The summed E-state index contributed by atoms with van der Waals surface area (Å²) < 4.78 is 4.82. The Kier molecular flexibility index (Phi) is 6.98. The second kappa shape index (κ2) is 9.03. The highest BCUT2D eigenvalue weighted by atomic mass is 16.5. The Bertz CT molecular complexity index is 664. The molecule has 2 aliphatic rings. The predicted molar refractivity (Wildman–Crippen MR) is 97.9 cm³/mol. The van der Waals surface area contributed by atoms with Crippen LogP contribution in [0.5, 0.6) is 0 Å². The summed E-state index contributed by atoms with van der Waals surface area (Å²) in [7, 11) is 0. The predicted octanol–water partition coefficient (Wildman–Crippen LogP) is -0.329. The first kappa shape index (κ1) is 21.6. The van der Waals surface area contributed by atoms with Crippen molar-refractivity contribution in [3.05, 3.63) is 0 Å². The summed E-state index contributed by atoms with van der Waals surface area (Å²) in [5.41, 5.74) is -0.948. The maximum absolute atomic E-state index is 12.8. The van der Waals surface area contributed by atoms with Crippen LogP contribution in [0.25, 0.3) is 0 Å². The number of imide groups is 1. The molecule has 10 heteroatoms. The lowest BCUT2D eigenvalue weighted by Crippen LogP contribution is -2.54. The van der Waals surface area contributed by atoms with Gasteiger partial charge in [-0.15, -0.1) is 0 Å². The fourth-order valence-corrected chi connectivity index (χ4v) is 3.56. The monoisotopic (exact) mass is 396 g/mol. The summed E-state index contributed by atoms with van der Waals surface area (Å²) in [6.45, 7) is 4.10. The number of hydrogen-bond donors (Lipinski definition) is 3. The lowest BCUT2D eigenvalue weighted by atomic mass is 9.73. The maximum atomic E-state index is 12.8. The van der Waals surface area contributed by atoms with E-state index in [1.165, 1.54) is 0 Å². The minimum absolute atomic E-state index is 0.0125. The summed E-state index contributed by atoms with van der Waals surface area (Å²) in [6.07, 6.45) is 3.21. The second-order valence-corrected chi connectivity index (χ2v) is 7.60. The van der Waals surface area contributed by atoms with Gasteiger partial charge in [-0.25, -0.2) is 4.79 Å². The first-order chi connectivity index (χ1) is 13.2. The molecular weight excluding hydrogens is 368 g/mol. The Morgan fingerprint density at radius 1 is 1.25 bits per heavy atom. The van der Waals surface area contributed by atoms with E-state index in [-0.39, 0.29) is 24.4 Å². The quantitative estimate of drug-likeness (QED) is 0.399. The van der Waals surface area contributed by atoms with Crippen LogP contribution >= 0.6 is 0 Å². The molecule has 2 atom stereocenters. The Morgan fingerprint density at radius 3 is 2.61 bits per heavy atom. The van der Waals surface area contributed by atoms with Crippen molar-refractivity contribution in [2.24, 2.45) is 5.92 Å². The molecule has 10 nitrogen and oxygen atoms in total. The number of nitrogens with one attached hydrogen (secondary N) is 3. The fraction of sp³-hybridized carbons (Fsp3) is 0.722. The first-order valence-corrected chi connectivity index (χ1v) is 9.51. The van der Waals surface area contributed by atoms with Crippen LogP contribution in [0.3, 0.4) is 0 Å². The zero-order valence-electron chi connectivity index (χ0n) is 16.5. The van der Waals surface area contributed by atoms with Crippen molar-refractivity contribution in [1.82, 2.24) is 20.9 Å². The average Bonchev–Trinajstić information content (AvgIpc) is 2.85. The van der Waals surface area contributed by atoms with Crippen LogP contribution in [0.4, 0.5) is 4.79 Å². The molecule has 1 aliphatic heterocycles. The van der Waals surface area contributed by atoms with E-state index in [1.807, 2.05) is 6.92 Å². The van der Waals surface area contributed by atoms with Crippen molar-refractivity contribution in [3.63, 3.8) is 0 Å². The van der Waals surface area contributed by atoms with Crippen molar-refractivity contribution in [3.8, 4) is 0 Å². The van der Waals surface area contributed by atoms with Gasteiger partial charge < -0.3 is 20.7 Å². The molecule has 1 aliphatic carbocycles. The number of rotatable bonds is 7. The summed E-state index contributed by atoms with van der Waals surface area (Å²) in [5.74, 6) is -2.31. The van der Waals surface area contributed by atoms with E-state index in [2.05, 4.69) is 16.0 Å². The molecule has 0 aromatic rings. The molecule has 0 aromatic carbocycles. The number of esters is 1. The van der Waals surface area contributed by atoms with E-state index >= 15 is 0 Å². The molecule has 0 bridgehead atoms. The molecule has 5 amide bonds. The fourth-order valence-electron chi connectivity index (χ4n) is 3.56. The van der Waals surface area contributed by atoms with Crippen LogP contribution in [0.15, 0.2) is 0 Å². The Balaban J connectivity index is 1.80. The van der Waals surface area contributed by atoms with E-state index in [9.17, 15) is 24.0 Å². The highest BCUT2D eigenvalue weighted by molar-refractivity contribution is 6.09. The van der Waals surface area contributed by atoms with Gasteiger partial charge in [-0.2, -0.15) is 0 Å². The van der Waals surface area contributed by atoms with Gasteiger partial charge in [-0.1, -0.05) is 19.8 Å². The molecule has 156 valence electrons. The zero-order valence-corrected chi connectivity index (χ0v) is 16.5. The van der Waals surface area contributed by atoms with Gasteiger partial charge in [0.15, 0.2) is 6.61 Å². The van der Waals surface area contributed by atoms with Crippen LogP contribution < -0.4 is 16.0 Å². The van der Waals surface area contributed by atoms with Gasteiger partial charge in [0.2, 0.25) is 5.91 Å². The van der Waals surface area contributed by atoms with Gasteiger partial charge >= 0.3 is 12.0 Å². The normalized spacial score (nSPS) is 24.3. The largest absolute Gasteiger partial charge is 0.454 e. The van der Waals surface area contributed by atoms with Crippen LogP contribution in [0.1, 0.15) is 46.5 Å². The Morgan fingerprint density at radius 2 is 1.96 bits per heavy atom. The van der Waals surface area contributed by atoms with Gasteiger partial charge in [0, 0.05) is 6.04 Å². The molecule has 28 heavy (non-hydrogen) atoms. The lowest BCUT2D eigenvalue weighted by molar-refractivity contribution is -0.151. The molecular formula is C18H28N4O6. The van der Waals surface area contributed by atoms with Gasteiger partial charge in [-0.05, 0) is 32.6 Å². The maximum Gasteiger partial charge on any atom is 0.326 e. The van der Waals surface area contributed by atoms with Crippen LogP contribution in [-0.4, -0.2) is 65.9 Å². The van der Waals surface area contributed by atoms with Crippen molar-refractivity contribution in [2.45, 2.75) is 58.0 Å². The SMILES string of the molecule is CC(C)NC(=O)CNC(=O)COC(=O)CN1C(=O)N[C@@]2(CCCC[C@H]2C)C1=O. The third-order valence-corrected chi connectivity index (χ3v) is 5.05. The molecule has 2 rings (SSSR count). The zero-order chi connectivity index (χ0) is 20.9. The molecule has 2 fully saturated rings. The number of nitrogens with zero attached hydrogens (tertiary/aromatic N) is 1. The van der Waals surface area contributed by atoms with Crippen molar-refractivity contribution < 1.29 is 28.7 Å². The topological polar surface area (TPSA) is 134 Å². The molecule has 3 N–H and O–H groups in total. The van der Waals surface area contributed by atoms with Crippen LogP contribution in [-0.2, 0) is 23.9 Å². The highest BCUT2D eigenvalue weighted by Crippen LogP contribution is 2.38. The number of carbonyl (C=O) groups is 5. The number of amides is 5. The van der Waals surface area contributed by atoms with E-state index < -0.39 is 42.5 Å². The number of carbonyl (C=O) groups excluding carboxylic acids is 5. The van der Waals surface area contributed by atoms with Crippen LogP contribution in [0, 0.1) is 5.92 Å². The molecule has 0 aromatic heterocycles. The number of hydrogen-bond acceptors (Lipinski definition) is 6. The minimum Gasteiger partial charge on any atom is -0.454 e. The summed E-state index contributed by atoms with van der Waals surface area (Å²) >= 11 is 0. The molecule has 0 radical (unpaired) electrons. The second-order valence-electron chi connectivity index (χ2n) is 7.60. The van der Waals surface area contributed by atoms with Gasteiger partial charge in [-0.3, -0.25) is 24.1 Å². The van der Waals surface area contributed by atoms with Gasteiger partial charge in [0.25, 0.3) is 11.8 Å². The van der Waals surface area contributed by atoms with E-state index in [0.29, 0.717) is 6.42 Å². The van der Waals surface area contributed by atoms with Crippen molar-refractivity contribution in [2.75, 3.05) is 19.7 Å². The standard InChI is InChI=1S/C18H28N4O6/c1-11(2)20-13(23)8-19-14(24)10-28-15(25)9-22-16(26)18(21-17(22)27)7-5-4-6-12(18)3/h11-12H,4-10H2,1-3H3,(H,19,24)(H,20,23)(H,21,27)/t12-,18-/m1/s1. The Hall–Kier alpha value is -2.65. The van der Waals surface area contributed by atoms with Gasteiger partial charge in [0.1, 0.15) is 12.1 Å². The molecule has 1 spiro atoms. The number of ether oxygens (including phenoxy) is 1. The smallest absolute Gasteiger partial charge is 0.326 e. The van der Waals surface area contributed by atoms with E-state index in [4.69, 9.17) is 4.74 Å².